The van der Waals surface area contributed by atoms with Crippen LogP contribution in [0.4, 0.5) is 15.8 Å². The molecule has 8 heteroatoms. The van der Waals surface area contributed by atoms with Gasteiger partial charge in [-0.05, 0) is 83.6 Å². The fourth-order valence-corrected chi connectivity index (χ4v) is 3.39. The molecule has 1 unspecified atom stereocenters. The van der Waals surface area contributed by atoms with Gasteiger partial charge >= 0.3 is 0 Å². The van der Waals surface area contributed by atoms with E-state index in [2.05, 4.69) is 33.4 Å². The van der Waals surface area contributed by atoms with Crippen molar-refractivity contribution in [1.82, 2.24) is 5.48 Å². The minimum Gasteiger partial charge on any atom is -0.491 e. The molecule has 3 aromatic rings. The number of aliphatic hydroxyl groups is 1. The molecule has 0 bridgehead atoms. The molecule has 3 rings (SSSR count). The summed E-state index contributed by atoms with van der Waals surface area (Å²) in [6.07, 6.45) is -0.944. The van der Waals surface area contributed by atoms with Gasteiger partial charge in [0.25, 0.3) is 5.91 Å². The van der Waals surface area contributed by atoms with Crippen molar-refractivity contribution in [2.24, 2.45) is 0 Å². The Morgan fingerprint density at radius 3 is 2.58 bits per heavy atom. The van der Waals surface area contributed by atoms with Gasteiger partial charge < -0.3 is 15.2 Å². The maximum absolute atomic E-state index is 13.8. The molecule has 0 fully saturated rings. The minimum absolute atomic E-state index is 0.00925. The Kier molecular flexibility index (Phi) is 8.21. The van der Waals surface area contributed by atoms with E-state index in [1.807, 2.05) is 43.3 Å². The van der Waals surface area contributed by atoms with Gasteiger partial charge in [-0.3, -0.25) is 9.63 Å². The third kappa shape index (κ3) is 6.91. The molecule has 1 atom stereocenters. The molecule has 3 aromatic carbocycles. The molecule has 0 aliphatic heterocycles. The van der Waals surface area contributed by atoms with Crippen LogP contribution >= 0.6 is 22.6 Å². The molecule has 0 aliphatic carbocycles. The van der Waals surface area contributed by atoms with Crippen molar-refractivity contribution >= 4 is 39.9 Å². The van der Waals surface area contributed by atoms with Crippen molar-refractivity contribution in [3.05, 3.63) is 87.2 Å². The second kappa shape index (κ2) is 11.1. The summed E-state index contributed by atoms with van der Waals surface area (Å²) in [6, 6.07) is 18.6. The Bertz CT molecular complexity index is 1030. The fraction of sp³-hybridized carbons (Fsp3) is 0.174. The van der Waals surface area contributed by atoms with Crippen LogP contribution in [0.2, 0.25) is 0 Å². The van der Waals surface area contributed by atoms with Gasteiger partial charge in [0, 0.05) is 9.26 Å². The third-order valence-electron chi connectivity index (χ3n) is 4.31. The number of hydrogen-bond acceptors (Lipinski definition) is 5. The summed E-state index contributed by atoms with van der Waals surface area (Å²) in [6.45, 7) is 1.76. The molecule has 31 heavy (non-hydrogen) atoms. The molecule has 0 radical (unpaired) electrons. The van der Waals surface area contributed by atoms with E-state index < -0.39 is 17.8 Å². The van der Waals surface area contributed by atoms with Crippen LogP contribution in [0.15, 0.2) is 66.7 Å². The lowest BCUT2D eigenvalue weighted by Gasteiger charge is -2.15. The normalized spacial score (nSPS) is 11.6. The van der Waals surface area contributed by atoms with Crippen LogP contribution in [0.25, 0.3) is 0 Å². The van der Waals surface area contributed by atoms with Crippen molar-refractivity contribution in [2.45, 2.75) is 13.0 Å². The van der Waals surface area contributed by atoms with Crippen molar-refractivity contribution < 1.29 is 23.9 Å². The molecule has 0 heterocycles. The van der Waals surface area contributed by atoms with Gasteiger partial charge in [-0.25, -0.2) is 9.87 Å². The summed E-state index contributed by atoms with van der Waals surface area (Å²) < 4.78 is 20.3. The number of carbonyl (C=O) groups excluding carboxylic acids is 1. The number of carbonyl (C=O) groups is 1. The molecule has 0 saturated heterocycles. The van der Waals surface area contributed by atoms with Crippen LogP contribution < -0.4 is 15.5 Å². The summed E-state index contributed by atoms with van der Waals surface area (Å²) in [5.41, 5.74) is 4.50. The SMILES string of the molecule is Cc1cc(I)ccc1Nc1cc(F)ccc1C(=O)NOCC(O)COc1ccccc1. The highest BCUT2D eigenvalue weighted by atomic mass is 127. The Morgan fingerprint density at radius 1 is 1.06 bits per heavy atom. The van der Waals surface area contributed by atoms with E-state index in [1.165, 1.54) is 18.2 Å². The van der Waals surface area contributed by atoms with Crippen molar-refractivity contribution in [3.63, 3.8) is 0 Å². The summed E-state index contributed by atoms with van der Waals surface area (Å²) in [5, 5.41) is 13.1. The number of halogens is 2. The number of benzene rings is 3. The van der Waals surface area contributed by atoms with E-state index in [1.54, 1.807) is 12.1 Å². The number of hydroxylamine groups is 1. The second-order valence-corrected chi connectivity index (χ2v) is 8.04. The number of para-hydroxylation sites is 1. The largest absolute Gasteiger partial charge is 0.491 e. The first-order chi connectivity index (χ1) is 14.9. The zero-order valence-corrected chi connectivity index (χ0v) is 18.9. The maximum atomic E-state index is 13.8. The van der Waals surface area contributed by atoms with E-state index in [0.29, 0.717) is 11.4 Å². The topological polar surface area (TPSA) is 79.8 Å². The van der Waals surface area contributed by atoms with Gasteiger partial charge in [0.05, 0.1) is 11.3 Å². The van der Waals surface area contributed by atoms with E-state index in [0.717, 1.165) is 14.8 Å². The number of anilines is 2. The molecule has 1 amide bonds. The molecular formula is C23H22FIN2O4. The molecule has 3 N–H and O–H groups in total. The number of aryl methyl sites for hydroxylation is 1. The molecule has 0 saturated carbocycles. The van der Waals surface area contributed by atoms with Crippen molar-refractivity contribution in [3.8, 4) is 5.75 Å². The fourth-order valence-electron chi connectivity index (χ4n) is 2.75. The lowest BCUT2D eigenvalue weighted by molar-refractivity contribution is -0.0259. The van der Waals surface area contributed by atoms with Gasteiger partial charge in [-0.1, -0.05) is 18.2 Å². The molecule has 0 spiro atoms. The van der Waals surface area contributed by atoms with Gasteiger partial charge in [-0.15, -0.1) is 0 Å². The summed E-state index contributed by atoms with van der Waals surface area (Å²) in [7, 11) is 0. The number of aliphatic hydroxyl groups excluding tert-OH is 1. The number of nitrogens with one attached hydrogen (secondary N) is 2. The number of amides is 1. The standard InChI is InChI=1S/C23H22FIN2O4/c1-15-11-17(25)8-10-21(15)26-22-12-16(24)7-9-20(22)23(29)27-31-14-18(28)13-30-19-5-3-2-4-6-19/h2-12,18,26,28H,13-14H2,1H3,(H,27,29). The molecule has 0 aliphatic rings. The second-order valence-electron chi connectivity index (χ2n) is 6.79. The van der Waals surface area contributed by atoms with Gasteiger partial charge in [0.15, 0.2) is 0 Å². The van der Waals surface area contributed by atoms with Crippen LogP contribution in [0.5, 0.6) is 5.75 Å². The number of hydrogen-bond donors (Lipinski definition) is 3. The first-order valence-corrected chi connectivity index (χ1v) is 10.6. The van der Waals surface area contributed by atoms with Crippen molar-refractivity contribution in [2.75, 3.05) is 18.5 Å². The molecular weight excluding hydrogens is 514 g/mol. The maximum Gasteiger partial charge on any atom is 0.276 e. The average Bonchev–Trinajstić information content (AvgIpc) is 2.75. The van der Waals surface area contributed by atoms with E-state index in [9.17, 15) is 14.3 Å². The van der Waals surface area contributed by atoms with Gasteiger partial charge in [-0.2, -0.15) is 0 Å². The first-order valence-electron chi connectivity index (χ1n) is 9.53. The number of rotatable bonds is 9. The van der Waals surface area contributed by atoms with E-state index >= 15 is 0 Å². The first kappa shape index (κ1) is 23.0. The number of ether oxygens (including phenoxy) is 1. The lowest BCUT2D eigenvalue weighted by atomic mass is 10.1. The molecule has 0 aromatic heterocycles. The Balaban J connectivity index is 1.57. The Hall–Kier alpha value is -2.69. The molecule has 162 valence electrons. The van der Waals surface area contributed by atoms with E-state index in [4.69, 9.17) is 9.57 Å². The average molecular weight is 536 g/mol. The third-order valence-corrected chi connectivity index (χ3v) is 4.98. The summed E-state index contributed by atoms with van der Waals surface area (Å²) in [4.78, 5) is 17.7. The highest BCUT2D eigenvalue weighted by molar-refractivity contribution is 14.1. The highest BCUT2D eigenvalue weighted by Gasteiger charge is 2.15. The summed E-state index contributed by atoms with van der Waals surface area (Å²) >= 11 is 2.21. The Labute approximate surface area is 193 Å². The highest BCUT2D eigenvalue weighted by Crippen LogP contribution is 2.26. The van der Waals surface area contributed by atoms with Gasteiger partial charge in [0.1, 0.15) is 30.9 Å². The van der Waals surface area contributed by atoms with Crippen LogP contribution in [0, 0.1) is 16.3 Å². The smallest absolute Gasteiger partial charge is 0.276 e. The van der Waals surface area contributed by atoms with E-state index in [-0.39, 0.29) is 18.8 Å². The predicted octanol–water partition coefficient (Wildman–Crippen LogP) is 4.58. The predicted molar refractivity (Wildman–Crippen MR) is 125 cm³/mol. The Morgan fingerprint density at radius 2 is 1.84 bits per heavy atom. The van der Waals surface area contributed by atoms with Crippen LogP contribution in [0.3, 0.4) is 0 Å². The quantitative estimate of drug-likeness (QED) is 0.276. The van der Waals surface area contributed by atoms with Gasteiger partial charge in [0.2, 0.25) is 0 Å². The minimum atomic E-state index is -0.944. The monoisotopic (exact) mass is 536 g/mol. The van der Waals surface area contributed by atoms with Crippen molar-refractivity contribution in [1.29, 1.82) is 0 Å². The molecule has 6 nitrogen and oxygen atoms in total. The lowest BCUT2D eigenvalue weighted by Crippen LogP contribution is -2.31. The van der Waals surface area contributed by atoms with Crippen LogP contribution in [0.1, 0.15) is 15.9 Å². The summed E-state index contributed by atoms with van der Waals surface area (Å²) in [5.74, 6) is -0.419. The van der Waals surface area contributed by atoms with Crippen LogP contribution in [-0.2, 0) is 4.84 Å². The zero-order valence-electron chi connectivity index (χ0n) is 16.8. The van der Waals surface area contributed by atoms with Crippen LogP contribution in [-0.4, -0.2) is 30.3 Å². The zero-order chi connectivity index (χ0) is 22.2.